The topological polar surface area (TPSA) is 19.0 Å². The van der Waals surface area contributed by atoms with E-state index in [4.69, 9.17) is 0 Å². The lowest BCUT2D eigenvalue weighted by atomic mass is 9.92. The molecule has 0 saturated carbocycles. The molecule has 1 fully saturated rings. The SMILES string of the molecule is C1=C(c2ccc3[nH]cc(C4=CCN5CCCC5C4)c3c2)CCSC1. The number of rotatable bonds is 2. The van der Waals surface area contributed by atoms with E-state index in [9.17, 15) is 0 Å². The third kappa shape index (κ3) is 2.55. The summed E-state index contributed by atoms with van der Waals surface area (Å²) in [4.78, 5) is 6.14. The molecule has 5 rings (SSSR count). The van der Waals surface area contributed by atoms with Gasteiger partial charge in [0.05, 0.1) is 0 Å². The van der Waals surface area contributed by atoms with Gasteiger partial charge in [0, 0.05) is 41.0 Å². The lowest BCUT2D eigenvalue weighted by Crippen LogP contribution is -2.32. The van der Waals surface area contributed by atoms with Gasteiger partial charge in [-0.3, -0.25) is 4.90 Å². The average molecular weight is 337 g/mol. The minimum atomic E-state index is 0.774. The molecule has 0 amide bonds. The fraction of sp³-hybridized carbons (Fsp3) is 0.429. The molecule has 124 valence electrons. The Bertz CT molecular complexity index is 829. The Hall–Kier alpha value is -1.45. The summed E-state index contributed by atoms with van der Waals surface area (Å²) in [7, 11) is 0. The number of benzene rings is 1. The van der Waals surface area contributed by atoms with Crippen LogP contribution in [0.15, 0.2) is 36.5 Å². The lowest BCUT2D eigenvalue weighted by Gasteiger charge is -2.29. The van der Waals surface area contributed by atoms with Gasteiger partial charge in [0.25, 0.3) is 0 Å². The van der Waals surface area contributed by atoms with E-state index in [0.717, 1.165) is 18.3 Å². The molecule has 0 radical (unpaired) electrons. The van der Waals surface area contributed by atoms with Gasteiger partial charge in [0.15, 0.2) is 0 Å². The van der Waals surface area contributed by atoms with Crippen LogP contribution in [-0.4, -0.2) is 40.5 Å². The monoisotopic (exact) mass is 336 g/mol. The van der Waals surface area contributed by atoms with Crippen molar-refractivity contribution in [3.63, 3.8) is 0 Å². The van der Waals surface area contributed by atoms with Crippen LogP contribution in [0.2, 0.25) is 0 Å². The van der Waals surface area contributed by atoms with Gasteiger partial charge < -0.3 is 4.98 Å². The second-order valence-corrected chi connectivity index (χ2v) is 8.39. The highest BCUT2D eigenvalue weighted by molar-refractivity contribution is 7.99. The Morgan fingerprint density at radius 2 is 2.17 bits per heavy atom. The summed E-state index contributed by atoms with van der Waals surface area (Å²) < 4.78 is 0. The zero-order valence-corrected chi connectivity index (χ0v) is 14.9. The summed E-state index contributed by atoms with van der Waals surface area (Å²) in [6, 6.07) is 7.75. The van der Waals surface area contributed by atoms with Gasteiger partial charge in [-0.2, -0.15) is 11.8 Å². The van der Waals surface area contributed by atoms with Crippen molar-refractivity contribution in [3.05, 3.63) is 47.7 Å². The standard InChI is InChI=1S/C21H24N2S/c1-2-18-12-17(5-9-23(18)8-1)20-14-22-21-4-3-16(13-19(20)21)15-6-10-24-11-7-15/h3-6,13-14,18,22H,1-2,7-12H2. The van der Waals surface area contributed by atoms with E-state index in [0.29, 0.717) is 0 Å². The summed E-state index contributed by atoms with van der Waals surface area (Å²) in [5.41, 5.74) is 7.21. The van der Waals surface area contributed by atoms with E-state index in [-0.39, 0.29) is 0 Å². The van der Waals surface area contributed by atoms with Gasteiger partial charge in [-0.15, -0.1) is 0 Å². The van der Waals surface area contributed by atoms with Gasteiger partial charge >= 0.3 is 0 Å². The Balaban J connectivity index is 1.53. The van der Waals surface area contributed by atoms with Gasteiger partial charge in [-0.25, -0.2) is 0 Å². The van der Waals surface area contributed by atoms with Crippen molar-refractivity contribution >= 4 is 33.8 Å². The van der Waals surface area contributed by atoms with Crippen molar-refractivity contribution in [3.8, 4) is 0 Å². The minimum Gasteiger partial charge on any atom is -0.361 e. The molecule has 1 saturated heterocycles. The number of hydrogen-bond donors (Lipinski definition) is 1. The van der Waals surface area contributed by atoms with Crippen LogP contribution in [0.3, 0.4) is 0 Å². The van der Waals surface area contributed by atoms with E-state index in [1.165, 1.54) is 65.6 Å². The molecule has 0 spiro atoms. The minimum absolute atomic E-state index is 0.774. The second kappa shape index (κ2) is 6.12. The maximum atomic E-state index is 3.50. The molecule has 1 N–H and O–H groups in total. The molecule has 2 aromatic rings. The summed E-state index contributed by atoms with van der Waals surface area (Å²) >= 11 is 2.04. The van der Waals surface area contributed by atoms with Crippen molar-refractivity contribution in [2.75, 3.05) is 24.6 Å². The maximum absolute atomic E-state index is 3.50. The number of allylic oxidation sites excluding steroid dienone is 1. The molecule has 0 aliphatic carbocycles. The molecule has 3 aliphatic rings. The molecule has 3 aliphatic heterocycles. The molecular formula is C21H24N2S. The third-order valence-corrected chi connectivity index (χ3v) is 6.78. The van der Waals surface area contributed by atoms with Crippen molar-refractivity contribution in [1.29, 1.82) is 0 Å². The molecule has 24 heavy (non-hydrogen) atoms. The quantitative estimate of drug-likeness (QED) is 0.837. The highest BCUT2D eigenvalue weighted by Gasteiger charge is 2.28. The van der Waals surface area contributed by atoms with E-state index < -0.39 is 0 Å². The number of fused-ring (bicyclic) bond motifs is 2. The van der Waals surface area contributed by atoms with Crippen LogP contribution in [0, 0.1) is 0 Å². The predicted octanol–water partition coefficient (Wildman–Crippen LogP) is 4.94. The van der Waals surface area contributed by atoms with Gasteiger partial charge in [-0.05, 0) is 66.8 Å². The highest BCUT2D eigenvalue weighted by atomic mass is 32.2. The number of aromatic nitrogens is 1. The van der Waals surface area contributed by atoms with Crippen LogP contribution in [0.4, 0.5) is 0 Å². The van der Waals surface area contributed by atoms with E-state index in [1.54, 1.807) is 5.57 Å². The van der Waals surface area contributed by atoms with Crippen molar-refractivity contribution in [1.82, 2.24) is 9.88 Å². The molecule has 1 unspecified atom stereocenters. The molecule has 2 nitrogen and oxygen atoms in total. The van der Waals surface area contributed by atoms with Crippen LogP contribution in [-0.2, 0) is 0 Å². The van der Waals surface area contributed by atoms with Crippen LogP contribution >= 0.6 is 11.8 Å². The first-order valence-electron chi connectivity index (χ1n) is 9.20. The zero-order chi connectivity index (χ0) is 15.9. The molecule has 1 aromatic heterocycles. The number of thioether (sulfide) groups is 1. The molecule has 4 heterocycles. The molecular weight excluding hydrogens is 312 g/mol. The van der Waals surface area contributed by atoms with Crippen LogP contribution < -0.4 is 0 Å². The Labute approximate surface area is 148 Å². The Kier molecular flexibility index (Phi) is 3.79. The predicted molar refractivity (Wildman–Crippen MR) is 105 cm³/mol. The normalized spacial score (nSPS) is 24.8. The first-order valence-corrected chi connectivity index (χ1v) is 10.4. The van der Waals surface area contributed by atoms with Crippen LogP contribution in [0.25, 0.3) is 22.0 Å². The summed E-state index contributed by atoms with van der Waals surface area (Å²) in [6.07, 6.45) is 12.3. The second-order valence-electron chi connectivity index (χ2n) is 7.24. The third-order valence-electron chi connectivity index (χ3n) is 5.89. The maximum Gasteiger partial charge on any atom is 0.0460 e. The number of H-pyrrole nitrogens is 1. The average Bonchev–Trinajstić information content (AvgIpc) is 3.27. The van der Waals surface area contributed by atoms with Gasteiger partial charge in [-0.1, -0.05) is 18.2 Å². The Morgan fingerprint density at radius 1 is 1.17 bits per heavy atom. The van der Waals surface area contributed by atoms with Crippen LogP contribution in [0.1, 0.15) is 36.8 Å². The largest absolute Gasteiger partial charge is 0.361 e. The molecule has 1 aromatic carbocycles. The van der Waals surface area contributed by atoms with Crippen molar-refractivity contribution in [2.45, 2.75) is 31.7 Å². The number of aromatic amines is 1. The summed E-state index contributed by atoms with van der Waals surface area (Å²) in [6.45, 7) is 2.42. The van der Waals surface area contributed by atoms with Gasteiger partial charge in [0.2, 0.25) is 0 Å². The Morgan fingerprint density at radius 3 is 3.08 bits per heavy atom. The zero-order valence-electron chi connectivity index (χ0n) is 14.1. The fourth-order valence-corrected chi connectivity index (χ4v) is 5.38. The number of nitrogens with one attached hydrogen (secondary N) is 1. The number of nitrogens with zero attached hydrogens (tertiary/aromatic N) is 1. The highest BCUT2D eigenvalue weighted by Crippen LogP contribution is 2.36. The smallest absolute Gasteiger partial charge is 0.0460 e. The van der Waals surface area contributed by atoms with E-state index >= 15 is 0 Å². The first kappa shape index (κ1) is 14.9. The first-order chi connectivity index (χ1) is 11.9. The summed E-state index contributed by atoms with van der Waals surface area (Å²) in [5, 5.41) is 1.41. The van der Waals surface area contributed by atoms with Crippen LogP contribution in [0.5, 0.6) is 0 Å². The fourth-order valence-electron chi connectivity index (χ4n) is 4.53. The van der Waals surface area contributed by atoms with Crippen molar-refractivity contribution in [2.24, 2.45) is 0 Å². The molecule has 1 atom stereocenters. The number of hydrogen-bond acceptors (Lipinski definition) is 2. The van der Waals surface area contributed by atoms with E-state index in [2.05, 4.69) is 46.4 Å². The lowest BCUT2D eigenvalue weighted by molar-refractivity contribution is 0.275. The van der Waals surface area contributed by atoms with Gasteiger partial charge in [0.1, 0.15) is 0 Å². The summed E-state index contributed by atoms with van der Waals surface area (Å²) in [5.74, 6) is 2.42. The van der Waals surface area contributed by atoms with Crippen molar-refractivity contribution < 1.29 is 0 Å². The molecule has 0 bridgehead atoms. The molecule has 3 heteroatoms. The van der Waals surface area contributed by atoms with E-state index in [1.807, 2.05) is 11.8 Å².